The molecule has 5 heteroatoms. The molecule has 2 rings (SSSR count). The molecule has 1 nitrogen and oxygen atoms in total. The van der Waals surface area contributed by atoms with E-state index in [2.05, 4.69) is 5.32 Å². The van der Waals surface area contributed by atoms with Crippen molar-refractivity contribution in [3.8, 4) is 0 Å². The smallest absolute Gasteiger partial charge is 0.310 e. The Labute approximate surface area is 92.1 Å². The molecule has 0 amide bonds. The van der Waals surface area contributed by atoms with Crippen LogP contribution in [-0.2, 0) is 6.18 Å². The van der Waals surface area contributed by atoms with Gasteiger partial charge in [0.15, 0.2) is 0 Å². The van der Waals surface area contributed by atoms with E-state index >= 15 is 0 Å². The summed E-state index contributed by atoms with van der Waals surface area (Å²) in [4.78, 5) is 0. The Kier molecular flexibility index (Phi) is 3.62. The van der Waals surface area contributed by atoms with Gasteiger partial charge in [-0.15, -0.1) is 12.4 Å². The highest BCUT2D eigenvalue weighted by Gasteiger charge is 2.30. The highest BCUT2D eigenvalue weighted by molar-refractivity contribution is 5.85. The van der Waals surface area contributed by atoms with Crippen molar-refractivity contribution in [2.75, 3.05) is 6.54 Å². The molecule has 1 atom stereocenters. The van der Waals surface area contributed by atoms with Crippen LogP contribution < -0.4 is 5.32 Å². The van der Waals surface area contributed by atoms with E-state index in [0.717, 1.165) is 30.7 Å². The summed E-state index contributed by atoms with van der Waals surface area (Å²) in [6.45, 7) is 0.950. The van der Waals surface area contributed by atoms with Crippen LogP contribution in [0.1, 0.15) is 23.6 Å². The largest absolute Gasteiger partial charge is 0.416 e. The van der Waals surface area contributed by atoms with Crippen LogP contribution in [0.15, 0.2) is 24.3 Å². The van der Waals surface area contributed by atoms with Crippen LogP contribution in [-0.4, -0.2) is 6.54 Å². The Hall–Kier alpha value is -0.740. The number of rotatable bonds is 1. The average molecular weight is 238 g/mol. The van der Waals surface area contributed by atoms with Gasteiger partial charge in [0.25, 0.3) is 0 Å². The second kappa shape index (κ2) is 4.41. The van der Waals surface area contributed by atoms with Gasteiger partial charge in [0.1, 0.15) is 0 Å². The summed E-state index contributed by atoms with van der Waals surface area (Å²) in [6.07, 6.45) is -3.23. The molecule has 0 unspecified atom stereocenters. The topological polar surface area (TPSA) is 12.0 Å². The molecule has 1 saturated heterocycles. The minimum Gasteiger partial charge on any atom is -0.310 e. The van der Waals surface area contributed by atoms with Gasteiger partial charge in [0, 0.05) is 6.04 Å². The van der Waals surface area contributed by atoms with Gasteiger partial charge in [-0.25, -0.2) is 0 Å². The van der Waals surface area contributed by atoms with E-state index < -0.39 is 11.7 Å². The normalized spacial score (nSPS) is 20.3. The van der Waals surface area contributed by atoms with Crippen molar-refractivity contribution in [2.45, 2.75) is 18.6 Å². The summed E-state index contributed by atoms with van der Waals surface area (Å²) in [5, 5.41) is 3.14. The first kappa shape index (κ1) is 12.3. The summed E-state index contributed by atoms with van der Waals surface area (Å²) in [6, 6.07) is 5.60. The molecule has 1 aromatic rings. The minimum atomic E-state index is -4.23. The number of hydrogen-bond donors (Lipinski definition) is 1. The van der Waals surface area contributed by atoms with Crippen LogP contribution in [0.3, 0.4) is 0 Å². The number of benzene rings is 1. The Bertz CT molecular complexity index is 316. The van der Waals surface area contributed by atoms with Gasteiger partial charge < -0.3 is 5.32 Å². The van der Waals surface area contributed by atoms with E-state index in [9.17, 15) is 13.2 Å². The van der Waals surface area contributed by atoms with Crippen LogP contribution in [0.5, 0.6) is 0 Å². The van der Waals surface area contributed by atoms with Gasteiger partial charge in [0.05, 0.1) is 5.56 Å². The number of alkyl halides is 3. The van der Waals surface area contributed by atoms with Gasteiger partial charge in [0.2, 0.25) is 0 Å². The highest BCUT2D eigenvalue weighted by atomic mass is 35.5. The molecule has 84 valence electrons. The predicted molar refractivity (Wildman–Crippen MR) is 54.1 cm³/mol. The predicted octanol–water partition coefficient (Wildman–Crippen LogP) is 3.16. The van der Waals surface area contributed by atoms with Crippen LogP contribution in [0, 0.1) is 0 Å². The monoisotopic (exact) mass is 237 g/mol. The SMILES string of the molecule is Cl.FC(F)(F)c1ccc([C@H]2CCN2)cc1. The summed E-state index contributed by atoms with van der Waals surface area (Å²) in [5.41, 5.74) is 0.352. The molecular weight excluding hydrogens is 227 g/mol. The van der Waals surface area contributed by atoms with E-state index in [1.165, 1.54) is 0 Å². The lowest BCUT2D eigenvalue weighted by atomic mass is 9.97. The van der Waals surface area contributed by atoms with Crippen molar-refractivity contribution in [3.63, 3.8) is 0 Å². The zero-order valence-electron chi connectivity index (χ0n) is 7.84. The number of hydrogen-bond acceptors (Lipinski definition) is 1. The molecule has 1 fully saturated rings. The van der Waals surface area contributed by atoms with Crippen LogP contribution >= 0.6 is 12.4 Å². The van der Waals surface area contributed by atoms with Gasteiger partial charge >= 0.3 is 6.18 Å². The lowest BCUT2D eigenvalue weighted by Gasteiger charge is -2.28. The zero-order valence-corrected chi connectivity index (χ0v) is 8.66. The molecule has 0 spiro atoms. The second-order valence-electron chi connectivity index (χ2n) is 3.42. The fourth-order valence-electron chi connectivity index (χ4n) is 1.48. The van der Waals surface area contributed by atoms with Crippen molar-refractivity contribution < 1.29 is 13.2 Å². The molecular formula is C10H11ClF3N. The number of halogens is 4. The van der Waals surface area contributed by atoms with Crippen molar-refractivity contribution >= 4 is 12.4 Å². The van der Waals surface area contributed by atoms with Crippen molar-refractivity contribution in [3.05, 3.63) is 35.4 Å². The molecule has 1 aromatic carbocycles. The first-order valence-electron chi connectivity index (χ1n) is 4.48. The standard InChI is InChI=1S/C10H10F3N.ClH/c11-10(12,13)8-3-1-7(2-4-8)9-5-6-14-9;/h1-4,9,14H,5-6H2;1H/t9-;/m1./s1. The first-order chi connectivity index (χ1) is 6.57. The van der Waals surface area contributed by atoms with Crippen LogP contribution in [0.4, 0.5) is 13.2 Å². The Morgan fingerprint density at radius 3 is 2.00 bits per heavy atom. The van der Waals surface area contributed by atoms with Crippen molar-refractivity contribution in [2.24, 2.45) is 0 Å². The molecule has 1 aliphatic rings. The van der Waals surface area contributed by atoms with Gasteiger partial charge in [-0.2, -0.15) is 13.2 Å². The summed E-state index contributed by atoms with van der Waals surface area (Å²) < 4.78 is 36.6. The Balaban J connectivity index is 0.00000112. The van der Waals surface area contributed by atoms with E-state index in [4.69, 9.17) is 0 Å². The van der Waals surface area contributed by atoms with Gasteiger partial charge in [-0.3, -0.25) is 0 Å². The first-order valence-corrected chi connectivity index (χ1v) is 4.48. The molecule has 0 radical (unpaired) electrons. The maximum atomic E-state index is 12.2. The second-order valence-corrected chi connectivity index (χ2v) is 3.42. The lowest BCUT2D eigenvalue weighted by Crippen LogP contribution is -2.34. The van der Waals surface area contributed by atoms with Gasteiger partial charge in [-0.1, -0.05) is 12.1 Å². The molecule has 0 aromatic heterocycles. The molecule has 1 N–H and O–H groups in total. The van der Waals surface area contributed by atoms with E-state index in [0.29, 0.717) is 0 Å². The van der Waals surface area contributed by atoms with Crippen molar-refractivity contribution in [1.82, 2.24) is 5.32 Å². The minimum absolute atomic E-state index is 0. The third kappa shape index (κ3) is 2.63. The molecule has 1 heterocycles. The third-order valence-corrected chi connectivity index (χ3v) is 2.46. The number of nitrogens with one attached hydrogen (secondary N) is 1. The molecule has 0 saturated carbocycles. The third-order valence-electron chi connectivity index (χ3n) is 2.46. The molecule has 1 aliphatic heterocycles. The highest BCUT2D eigenvalue weighted by Crippen LogP contribution is 2.31. The van der Waals surface area contributed by atoms with E-state index in [-0.39, 0.29) is 18.4 Å². The summed E-state index contributed by atoms with van der Waals surface area (Å²) in [5.74, 6) is 0. The average Bonchev–Trinajstić information content (AvgIpc) is 2.00. The van der Waals surface area contributed by atoms with Crippen LogP contribution in [0.25, 0.3) is 0 Å². The summed E-state index contributed by atoms with van der Waals surface area (Å²) in [7, 11) is 0. The Morgan fingerprint density at radius 2 is 1.67 bits per heavy atom. The quantitative estimate of drug-likeness (QED) is 0.791. The fourth-order valence-corrected chi connectivity index (χ4v) is 1.48. The van der Waals surface area contributed by atoms with E-state index in [1.807, 2.05) is 0 Å². The van der Waals surface area contributed by atoms with Crippen molar-refractivity contribution in [1.29, 1.82) is 0 Å². The van der Waals surface area contributed by atoms with Crippen LogP contribution in [0.2, 0.25) is 0 Å². The van der Waals surface area contributed by atoms with Gasteiger partial charge in [-0.05, 0) is 30.7 Å². The fraction of sp³-hybridized carbons (Fsp3) is 0.400. The molecule has 0 aliphatic carbocycles. The molecule has 15 heavy (non-hydrogen) atoms. The Morgan fingerprint density at radius 1 is 1.13 bits per heavy atom. The zero-order chi connectivity index (χ0) is 10.2. The lowest BCUT2D eigenvalue weighted by molar-refractivity contribution is -0.137. The maximum absolute atomic E-state index is 12.2. The summed E-state index contributed by atoms with van der Waals surface area (Å²) >= 11 is 0. The van der Waals surface area contributed by atoms with E-state index in [1.54, 1.807) is 12.1 Å². The molecule has 0 bridgehead atoms. The maximum Gasteiger partial charge on any atom is 0.416 e.